The van der Waals surface area contributed by atoms with Gasteiger partial charge in [0, 0.05) is 12.1 Å². The van der Waals surface area contributed by atoms with Crippen molar-refractivity contribution < 1.29 is 4.74 Å². The Morgan fingerprint density at radius 1 is 1.47 bits per heavy atom. The standard InChI is InChI=1S/C14H28N4O/c1-8-14(3,17(5)6)13(15-4)12-11(19-7)10-16-18(12)9-2/h10,13,15H,8-9H2,1-7H3. The molecule has 0 radical (unpaired) electrons. The second kappa shape index (κ2) is 6.39. The van der Waals surface area contributed by atoms with Gasteiger partial charge in [-0.2, -0.15) is 5.10 Å². The number of ether oxygens (including phenoxy) is 1. The number of hydrogen-bond donors (Lipinski definition) is 1. The number of likely N-dealkylation sites (N-methyl/N-ethyl adjacent to an activating group) is 2. The molecule has 0 aliphatic carbocycles. The summed E-state index contributed by atoms with van der Waals surface area (Å²) in [5.41, 5.74) is 1.11. The first-order valence-corrected chi connectivity index (χ1v) is 6.90. The molecule has 5 heteroatoms. The van der Waals surface area contributed by atoms with E-state index in [1.165, 1.54) is 0 Å². The second-order valence-corrected chi connectivity index (χ2v) is 5.24. The van der Waals surface area contributed by atoms with Crippen LogP contribution in [0.5, 0.6) is 5.75 Å². The van der Waals surface area contributed by atoms with E-state index >= 15 is 0 Å². The Kier molecular flexibility index (Phi) is 5.38. The number of nitrogens with zero attached hydrogens (tertiary/aromatic N) is 3. The summed E-state index contributed by atoms with van der Waals surface area (Å²) >= 11 is 0. The lowest BCUT2D eigenvalue weighted by atomic mass is 9.85. The summed E-state index contributed by atoms with van der Waals surface area (Å²) in [4.78, 5) is 2.26. The van der Waals surface area contributed by atoms with Crippen molar-refractivity contribution >= 4 is 0 Å². The first-order chi connectivity index (χ1) is 8.96. The maximum Gasteiger partial charge on any atom is 0.161 e. The first-order valence-electron chi connectivity index (χ1n) is 6.90. The summed E-state index contributed by atoms with van der Waals surface area (Å²) in [5.74, 6) is 0.850. The van der Waals surface area contributed by atoms with Crippen LogP contribution >= 0.6 is 0 Å². The Labute approximate surface area is 116 Å². The average molecular weight is 268 g/mol. The molecule has 0 amide bonds. The molecule has 5 nitrogen and oxygen atoms in total. The highest BCUT2D eigenvalue weighted by atomic mass is 16.5. The Balaban J connectivity index is 3.33. The van der Waals surface area contributed by atoms with Gasteiger partial charge in [-0.05, 0) is 41.4 Å². The van der Waals surface area contributed by atoms with E-state index in [1.54, 1.807) is 13.3 Å². The maximum atomic E-state index is 5.49. The predicted molar refractivity (Wildman–Crippen MR) is 78.6 cm³/mol. The highest BCUT2D eigenvalue weighted by Crippen LogP contribution is 2.36. The van der Waals surface area contributed by atoms with Gasteiger partial charge < -0.3 is 15.0 Å². The number of aryl methyl sites for hydroxylation is 1. The van der Waals surface area contributed by atoms with Crippen molar-refractivity contribution in [3.63, 3.8) is 0 Å². The van der Waals surface area contributed by atoms with E-state index in [-0.39, 0.29) is 11.6 Å². The lowest BCUT2D eigenvalue weighted by molar-refractivity contribution is 0.111. The Bertz CT molecular complexity index is 381. The Morgan fingerprint density at radius 2 is 2.11 bits per heavy atom. The summed E-state index contributed by atoms with van der Waals surface area (Å²) in [5, 5.41) is 7.86. The highest BCUT2D eigenvalue weighted by molar-refractivity contribution is 5.31. The molecular formula is C14H28N4O. The van der Waals surface area contributed by atoms with Gasteiger partial charge >= 0.3 is 0 Å². The van der Waals surface area contributed by atoms with Gasteiger partial charge in [-0.25, -0.2) is 0 Å². The van der Waals surface area contributed by atoms with Crippen LogP contribution in [0.2, 0.25) is 0 Å². The SMILES string of the molecule is CCn1ncc(OC)c1C(NC)C(C)(CC)N(C)C. The normalized spacial score (nSPS) is 16.4. The number of rotatable bonds is 7. The third-order valence-corrected chi connectivity index (χ3v) is 4.29. The molecule has 1 aromatic rings. The van der Waals surface area contributed by atoms with Gasteiger partial charge in [-0.1, -0.05) is 6.92 Å². The Hall–Kier alpha value is -1.07. The molecule has 0 saturated heterocycles. The van der Waals surface area contributed by atoms with Gasteiger partial charge in [0.15, 0.2) is 5.75 Å². The number of hydrogen-bond acceptors (Lipinski definition) is 4. The molecule has 1 N–H and O–H groups in total. The molecule has 2 atom stereocenters. The van der Waals surface area contributed by atoms with E-state index < -0.39 is 0 Å². The summed E-state index contributed by atoms with van der Waals surface area (Å²) in [7, 11) is 7.93. The fourth-order valence-electron chi connectivity index (χ4n) is 2.60. The van der Waals surface area contributed by atoms with E-state index in [4.69, 9.17) is 4.74 Å². The molecule has 110 valence electrons. The van der Waals surface area contributed by atoms with Crippen molar-refractivity contribution in [2.24, 2.45) is 0 Å². The molecule has 0 aliphatic rings. The Morgan fingerprint density at radius 3 is 2.47 bits per heavy atom. The first kappa shape index (κ1) is 16.0. The van der Waals surface area contributed by atoms with Crippen molar-refractivity contribution in [1.82, 2.24) is 20.0 Å². The van der Waals surface area contributed by atoms with Crippen molar-refractivity contribution in [2.75, 3.05) is 28.3 Å². The molecule has 0 bridgehead atoms. The van der Waals surface area contributed by atoms with Crippen LogP contribution in [0, 0.1) is 0 Å². The van der Waals surface area contributed by atoms with Gasteiger partial charge in [0.1, 0.15) is 0 Å². The van der Waals surface area contributed by atoms with E-state index in [1.807, 2.05) is 11.7 Å². The minimum absolute atomic E-state index is 0.00498. The molecular weight excluding hydrogens is 240 g/mol. The lowest BCUT2D eigenvalue weighted by Crippen LogP contribution is -2.51. The molecule has 1 heterocycles. The minimum atomic E-state index is -0.00498. The zero-order valence-electron chi connectivity index (χ0n) is 13.3. The fraction of sp³-hybridized carbons (Fsp3) is 0.786. The van der Waals surface area contributed by atoms with Gasteiger partial charge in [0.25, 0.3) is 0 Å². The fourth-order valence-corrected chi connectivity index (χ4v) is 2.60. The predicted octanol–water partition coefficient (Wildman–Crippen LogP) is 1.90. The average Bonchev–Trinajstić information content (AvgIpc) is 2.81. The molecule has 0 aliphatic heterocycles. The monoisotopic (exact) mass is 268 g/mol. The van der Waals surface area contributed by atoms with Crippen molar-refractivity contribution in [1.29, 1.82) is 0 Å². The van der Waals surface area contributed by atoms with Crippen LogP contribution in [0.15, 0.2) is 6.20 Å². The van der Waals surface area contributed by atoms with E-state index in [0.29, 0.717) is 0 Å². The van der Waals surface area contributed by atoms with Crippen LogP contribution < -0.4 is 10.1 Å². The van der Waals surface area contributed by atoms with Crippen LogP contribution in [0.4, 0.5) is 0 Å². The minimum Gasteiger partial charge on any atom is -0.493 e. The largest absolute Gasteiger partial charge is 0.493 e. The summed E-state index contributed by atoms with van der Waals surface area (Å²) in [6.45, 7) is 7.41. The number of methoxy groups -OCH3 is 1. The maximum absolute atomic E-state index is 5.49. The van der Waals surface area contributed by atoms with E-state index in [9.17, 15) is 0 Å². The summed E-state index contributed by atoms with van der Waals surface area (Å²) < 4.78 is 7.50. The molecule has 0 fully saturated rings. The molecule has 0 spiro atoms. The van der Waals surface area contributed by atoms with Crippen LogP contribution in [0.25, 0.3) is 0 Å². The third-order valence-electron chi connectivity index (χ3n) is 4.29. The smallest absolute Gasteiger partial charge is 0.161 e. The van der Waals surface area contributed by atoms with Gasteiger partial charge in [-0.3, -0.25) is 4.68 Å². The van der Waals surface area contributed by atoms with Crippen molar-refractivity contribution in [3.8, 4) is 5.75 Å². The molecule has 1 rings (SSSR count). The molecule has 19 heavy (non-hydrogen) atoms. The van der Waals surface area contributed by atoms with E-state index in [2.05, 4.69) is 50.2 Å². The zero-order valence-corrected chi connectivity index (χ0v) is 13.3. The van der Waals surface area contributed by atoms with Crippen molar-refractivity contribution in [2.45, 2.75) is 45.3 Å². The highest BCUT2D eigenvalue weighted by Gasteiger charge is 2.38. The molecule has 0 saturated carbocycles. The van der Waals surface area contributed by atoms with Gasteiger partial charge in [0.2, 0.25) is 0 Å². The lowest BCUT2D eigenvalue weighted by Gasteiger charge is -2.42. The molecule has 0 aromatic carbocycles. The topological polar surface area (TPSA) is 42.3 Å². The van der Waals surface area contributed by atoms with Crippen molar-refractivity contribution in [3.05, 3.63) is 11.9 Å². The molecule has 1 aromatic heterocycles. The zero-order chi connectivity index (χ0) is 14.6. The van der Waals surface area contributed by atoms with Crippen LogP contribution in [0.3, 0.4) is 0 Å². The van der Waals surface area contributed by atoms with Crippen LogP contribution in [0.1, 0.15) is 38.9 Å². The third kappa shape index (κ3) is 2.77. The van der Waals surface area contributed by atoms with Gasteiger partial charge in [-0.15, -0.1) is 0 Å². The summed E-state index contributed by atoms with van der Waals surface area (Å²) in [6, 6.07) is 0.157. The van der Waals surface area contributed by atoms with Crippen LogP contribution in [-0.4, -0.2) is 48.5 Å². The van der Waals surface area contributed by atoms with Gasteiger partial charge in [0.05, 0.1) is 25.0 Å². The number of aromatic nitrogens is 2. The molecule has 2 unspecified atom stereocenters. The van der Waals surface area contributed by atoms with E-state index in [0.717, 1.165) is 24.4 Å². The summed E-state index contributed by atoms with van der Waals surface area (Å²) in [6.07, 6.45) is 2.83. The number of nitrogens with one attached hydrogen (secondary N) is 1. The second-order valence-electron chi connectivity index (χ2n) is 5.24. The van der Waals surface area contributed by atoms with Crippen LogP contribution in [-0.2, 0) is 6.54 Å². The quantitative estimate of drug-likeness (QED) is 0.820.